The Bertz CT molecular complexity index is 1240. The molecule has 1 aliphatic carbocycles. The van der Waals surface area contributed by atoms with Gasteiger partial charge in [0, 0.05) is 24.7 Å². The van der Waals surface area contributed by atoms with Gasteiger partial charge in [-0.1, -0.05) is 30.2 Å². The van der Waals surface area contributed by atoms with Crippen LogP contribution >= 0.6 is 11.6 Å². The molecule has 5 rings (SSSR count). The number of hydrogen-bond donors (Lipinski definition) is 2. The van der Waals surface area contributed by atoms with E-state index in [0.717, 1.165) is 32.4 Å². The summed E-state index contributed by atoms with van der Waals surface area (Å²) >= 11 is 6.80. The first-order chi connectivity index (χ1) is 16.2. The maximum absolute atomic E-state index is 13.3. The van der Waals surface area contributed by atoms with E-state index >= 15 is 0 Å². The van der Waals surface area contributed by atoms with E-state index in [0.29, 0.717) is 29.8 Å². The summed E-state index contributed by atoms with van der Waals surface area (Å²) in [7, 11) is -0.530. The zero-order valence-corrected chi connectivity index (χ0v) is 20.8. The van der Waals surface area contributed by atoms with Crippen molar-refractivity contribution in [3.8, 4) is 11.5 Å². The Kier molecular flexibility index (Phi) is 5.90. The molecule has 34 heavy (non-hydrogen) atoms. The van der Waals surface area contributed by atoms with Crippen LogP contribution in [0.15, 0.2) is 35.2 Å². The highest BCUT2D eigenvalue weighted by Crippen LogP contribution is 2.58. The molecule has 1 spiro atoms. The standard InChI is InChI=1S/C24H28ClN3O5S/c1-28-12-8-15(9-13-28)33-18-14-16(27-34(30,31)19-7-4-3-6-17(19)32-2)21(25)20-22(18)26-23(29)24(20)10-5-11-24/h3-4,6-7,14-15,27H,5,8-13H2,1-2H3,(H,26,29). The lowest BCUT2D eigenvalue weighted by Gasteiger charge is -2.37. The highest BCUT2D eigenvalue weighted by molar-refractivity contribution is 7.92. The van der Waals surface area contributed by atoms with Crippen molar-refractivity contribution in [1.82, 2.24) is 4.90 Å². The number of para-hydroxylation sites is 1. The van der Waals surface area contributed by atoms with Crippen LogP contribution in [0.5, 0.6) is 11.5 Å². The van der Waals surface area contributed by atoms with Crippen molar-refractivity contribution in [2.24, 2.45) is 0 Å². The third-order valence-corrected chi connectivity index (χ3v) is 8.95. The Morgan fingerprint density at radius 2 is 1.88 bits per heavy atom. The number of methoxy groups -OCH3 is 1. The Balaban J connectivity index is 1.57. The molecule has 2 fully saturated rings. The van der Waals surface area contributed by atoms with Crippen LogP contribution in [-0.4, -0.2) is 52.6 Å². The van der Waals surface area contributed by atoms with E-state index in [9.17, 15) is 13.2 Å². The van der Waals surface area contributed by atoms with Gasteiger partial charge >= 0.3 is 0 Å². The van der Waals surface area contributed by atoms with E-state index in [1.165, 1.54) is 13.2 Å². The second kappa shape index (κ2) is 8.62. The number of piperidine rings is 1. The molecule has 0 radical (unpaired) electrons. The molecule has 0 unspecified atom stereocenters. The number of likely N-dealkylation sites (tertiary alicyclic amines) is 1. The van der Waals surface area contributed by atoms with Crippen molar-refractivity contribution in [3.63, 3.8) is 0 Å². The number of carbonyl (C=O) groups excluding carboxylic acids is 1. The van der Waals surface area contributed by atoms with Crippen molar-refractivity contribution in [1.29, 1.82) is 0 Å². The molecule has 10 heteroatoms. The van der Waals surface area contributed by atoms with Crippen LogP contribution in [0.3, 0.4) is 0 Å². The largest absolute Gasteiger partial charge is 0.495 e. The summed E-state index contributed by atoms with van der Waals surface area (Å²) in [5.74, 6) is 0.569. The van der Waals surface area contributed by atoms with Crippen LogP contribution in [0.1, 0.15) is 37.7 Å². The lowest BCUT2D eigenvalue weighted by molar-refractivity contribution is -0.123. The van der Waals surface area contributed by atoms with Gasteiger partial charge in [-0.25, -0.2) is 8.42 Å². The molecule has 0 atom stereocenters. The number of sulfonamides is 1. The van der Waals surface area contributed by atoms with Gasteiger partial charge in [-0.15, -0.1) is 0 Å². The molecule has 0 bridgehead atoms. The molecule has 2 heterocycles. The van der Waals surface area contributed by atoms with Gasteiger partial charge in [0.2, 0.25) is 5.91 Å². The van der Waals surface area contributed by atoms with E-state index < -0.39 is 15.4 Å². The predicted molar refractivity (Wildman–Crippen MR) is 131 cm³/mol. The highest BCUT2D eigenvalue weighted by Gasteiger charge is 2.54. The number of halogens is 1. The van der Waals surface area contributed by atoms with Gasteiger partial charge in [-0.2, -0.15) is 0 Å². The Hall–Kier alpha value is -2.49. The van der Waals surface area contributed by atoms with Gasteiger partial charge in [0.15, 0.2) is 0 Å². The molecule has 2 aromatic rings. The Morgan fingerprint density at radius 1 is 1.18 bits per heavy atom. The first kappa shape index (κ1) is 23.3. The molecule has 8 nitrogen and oxygen atoms in total. The predicted octanol–water partition coefficient (Wildman–Crippen LogP) is 4.00. The molecule has 0 aromatic heterocycles. The minimum Gasteiger partial charge on any atom is -0.495 e. The number of fused-ring (bicyclic) bond motifs is 2. The topological polar surface area (TPSA) is 97.0 Å². The highest BCUT2D eigenvalue weighted by atomic mass is 35.5. The molecule has 2 aromatic carbocycles. The van der Waals surface area contributed by atoms with Crippen molar-refractivity contribution in [2.45, 2.75) is 48.5 Å². The number of rotatable bonds is 6. The molecule has 2 N–H and O–H groups in total. The van der Waals surface area contributed by atoms with Crippen LogP contribution in [-0.2, 0) is 20.2 Å². The van der Waals surface area contributed by atoms with E-state index in [4.69, 9.17) is 21.1 Å². The molecule has 1 amide bonds. The van der Waals surface area contributed by atoms with Crippen molar-refractivity contribution in [3.05, 3.63) is 40.9 Å². The van der Waals surface area contributed by atoms with Crippen LogP contribution < -0.4 is 19.5 Å². The minimum absolute atomic E-state index is 0.000546. The number of amides is 1. The third-order valence-electron chi connectivity index (χ3n) is 7.15. The third kappa shape index (κ3) is 3.79. The lowest BCUT2D eigenvalue weighted by Crippen LogP contribution is -2.41. The first-order valence-electron chi connectivity index (χ1n) is 11.4. The SMILES string of the molecule is COc1ccccc1S(=O)(=O)Nc1cc(OC2CCN(C)CC2)c2c(c1Cl)C1(CCC1)C(=O)N2. The number of nitrogens with one attached hydrogen (secondary N) is 2. The molecule has 1 saturated heterocycles. The van der Waals surface area contributed by atoms with Crippen molar-refractivity contribution >= 4 is 38.9 Å². The second-order valence-electron chi connectivity index (χ2n) is 9.25. The number of benzene rings is 2. The summed E-state index contributed by atoms with van der Waals surface area (Å²) < 4.78 is 40.8. The van der Waals surface area contributed by atoms with Crippen LogP contribution in [0.25, 0.3) is 0 Å². The maximum atomic E-state index is 13.3. The monoisotopic (exact) mass is 505 g/mol. The van der Waals surface area contributed by atoms with Gasteiger partial charge in [-0.3, -0.25) is 9.52 Å². The summed E-state index contributed by atoms with van der Waals surface area (Å²) in [5, 5.41) is 3.21. The summed E-state index contributed by atoms with van der Waals surface area (Å²) in [6, 6.07) is 7.97. The van der Waals surface area contributed by atoms with Crippen LogP contribution in [0, 0.1) is 0 Å². The van der Waals surface area contributed by atoms with Crippen molar-refractivity contribution in [2.75, 3.05) is 37.3 Å². The molecular weight excluding hydrogens is 478 g/mol. The van der Waals surface area contributed by atoms with Gasteiger partial charge in [0.25, 0.3) is 10.0 Å². The zero-order chi connectivity index (χ0) is 24.1. The average molecular weight is 506 g/mol. The summed E-state index contributed by atoms with van der Waals surface area (Å²) in [4.78, 5) is 15.2. The fourth-order valence-corrected chi connectivity index (χ4v) is 6.72. The molecule has 182 valence electrons. The zero-order valence-electron chi connectivity index (χ0n) is 19.2. The quantitative estimate of drug-likeness (QED) is 0.616. The molecule has 2 aliphatic heterocycles. The number of ether oxygens (including phenoxy) is 2. The Morgan fingerprint density at radius 3 is 2.53 bits per heavy atom. The number of carbonyl (C=O) groups is 1. The average Bonchev–Trinajstić information content (AvgIpc) is 3.12. The van der Waals surface area contributed by atoms with Gasteiger partial charge < -0.3 is 19.7 Å². The number of nitrogens with zero attached hydrogens (tertiary/aromatic N) is 1. The van der Waals surface area contributed by atoms with Crippen molar-refractivity contribution < 1.29 is 22.7 Å². The van der Waals surface area contributed by atoms with Crippen LogP contribution in [0.4, 0.5) is 11.4 Å². The molecular formula is C24H28ClN3O5S. The van der Waals surface area contributed by atoms with Gasteiger partial charge in [-0.05, 0) is 44.9 Å². The summed E-state index contributed by atoms with van der Waals surface area (Å²) in [5.41, 5.74) is 0.655. The summed E-state index contributed by atoms with van der Waals surface area (Å²) in [6.07, 6.45) is 3.90. The van der Waals surface area contributed by atoms with E-state index in [-0.39, 0.29) is 33.4 Å². The number of hydrogen-bond acceptors (Lipinski definition) is 6. The first-order valence-corrected chi connectivity index (χ1v) is 13.3. The van der Waals surface area contributed by atoms with Gasteiger partial charge in [0.05, 0.1) is 28.9 Å². The summed E-state index contributed by atoms with van der Waals surface area (Å²) in [6.45, 7) is 1.81. The maximum Gasteiger partial charge on any atom is 0.265 e. The molecule has 1 saturated carbocycles. The normalized spacial score (nSPS) is 19.9. The smallest absolute Gasteiger partial charge is 0.265 e. The lowest BCUT2D eigenvalue weighted by atomic mass is 9.65. The van der Waals surface area contributed by atoms with Crippen LogP contribution in [0.2, 0.25) is 5.02 Å². The Labute approximate surface area is 204 Å². The second-order valence-corrected chi connectivity index (χ2v) is 11.3. The van der Waals surface area contributed by atoms with E-state index in [2.05, 4.69) is 22.0 Å². The van der Waals surface area contributed by atoms with Gasteiger partial charge in [0.1, 0.15) is 22.5 Å². The fourth-order valence-electron chi connectivity index (χ4n) is 5.05. The van der Waals surface area contributed by atoms with E-state index in [1.807, 2.05) is 0 Å². The number of anilines is 2. The molecule has 3 aliphatic rings. The van der Waals surface area contributed by atoms with E-state index in [1.54, 1.807) is 24.3 Å². The fraction of sp³-hybridized carbons (Fsp3) is 0.458. The minimum atomic E-state index is -4.02.